The molecule has 1 amide bonds. The summed E-state index contributed by atoms with van der Waals surface area (Å²) in [5.74, 6) is -0.159. The van der Waals surface area contributed by atoms with E-state index in [1.54, 1.807) is 0 Å². The summed E-state index contributed by atoms with van der Waals surface area (Å²) < 4.78 is 22.5. The van der Waals surface area contributed by atoms with Crippen LogP contribution in [0.15, 0.2) is 16.9 Å². The summed E-state index contributed by atoms with van der Waals surface area (Å²) in [6.45, 7) is 0.304. The van der Waals surface area contributed by atoms with Gasteiger partial charge < -0.3 is 5.32 Å². The first kappa shape index (κ1) is 12.7. The molecule has 0 saturated carbocycles. The second kappa shape index (κ2) is 4.89. The highest BCUT2D eigenvalue weighted by Gasteiger charge is 2.28. The number of carbonyl (C=O) groups is 1. The summed E-state index contributed by atoms with van der Waals surface area (Å²) >= 11 is 0. The van der Waals surface area contributed by atoms with Gasteiger partial charge in [-0.2, -0.15) is 5.10 Å². The molecule has 0 unspecified atom stereocenters. The molecule has 2 N–H and O–H groups in total. The molecular formula is C10H13N3O4S. The number of nitrogens with one attached hydrogen (secondary N) is 2. The molecule has 1 aromatic heterocycles. The standard InChI is InChI=1S/C10H13N3O4S/c14-9-2-1-8(12-13-9)10(15)11-5-7-3-4-18(16,17)6-7/h1-2,7H,3-6H2,(H,11,15)(H,13,14)/t7-/m1/s1. The third-order valence-corrected chi connectivity index (χ3v) is 4.63. The largest absolute Gasteiger partial charge is 0.350 e. The van der Waals surface area contributed by atoms with Crippen LogP contribution >= 0.6 is 0 Å². The summed E-state index contributed by atoms with van der Waals surface area (Å²) in [6, 6.07) is 2.53. The quantitative estimate of drug-likeness (QED) is 0.728. The third kappa shape index (κ3) is 3.16. The van der Waals surface area contributed by atoms with Crippen molar-refractivity contribution in [3.8, 4) is 0 Å². The summed E-state index contributed by atoms with van der Waals surface area (Å²) in [4.78, 5) is 22.4. The van der Waals surface area contributed by atoms with Crippen LogP contribution in [0.1, 0.15) is 16.9 Å². The van der Waals surface area contributed by atoms with Crippen LogP contribution in [0.2, 0.25) is 0 Å². The van der Waals surface area contributed by atoms with Gasteiger partial charge in [-0.25, -0.2) is 13.5 Å². The first-order chi connectivity index (χ1) is 8.46. The van der Waals surface area contributed by atoms with Crippen LogP contribution in [0.25, 0.3) is 0 Å². The number of H-pyrrole nitrogens is 1. The van der Waals surface area contributed by atoms with Crippen molar-refractivity contribution in [2.75, 3.05) is 18.1 Å². The monoisotopic (exact) mass is 271 g/mol. The lowest BCUT2D eigenvalue weighted by Gasteiger charge is -2.08. The van der Waals surface area contributed by atoms with Crippen LogP contribution in [0.5, 0.6) is 0 Å². The Morgan fingerprint density at radius 3 is 2.83 bits per heavy atom. The molecule has 1 atom stereocenters. The highest BCUT2D eigenvalue weighted by atomic mass is 32.2. The van der Waals surface area contributed by atoms with Gasteiger partial charge in [-0.05, 0) is 18.4 Å². The van der Waals surface area contributed by atoms with Crippen molar-refractivity contribution in [1.82, 2.24) is 15.5 Å². The van der Waals surface area contributed by atoms with Crippen molar-refractivity contribution < 1.29 is 13.2 Å². The van der Waals surface area contributed by atoms with E-state index in [9.17, 15) is 18.0 Å². The first-order valence-electron chi connectivity index (χ1n) is 5.51. The Kier molecular flexibility index (Phi) is 3.46. The molecule has 98 valence electrons. The van der Waals surface area contributed by atoms with Gasteiger partial charge in [0, 0.05) is 12.6 Å². The predicted octanol–water partition coefficient (Wildman–Crippen LogP) is -1.07. The van der Waals surface area contributed by atoms with Gasteiger partial charge in [-0.15, -0.1) is 0 Å². The average molecular weight is 271 g/mol. The molecule has 0 aliphatic carbocycles. The molecule has 1 saturated heterocycles. The number of rotatable bonds is 3. The van der Waals surface area contributed by atoms with E-state index in [-0.39, 0.29) is 28.7 Å². The van der Waals surface area contributed by atoms with E-state index in [0.29, 0.717) is 13.0 Å². The van der Waals surface area contributed by atoms with Gasteiger partial charge in [-0.3, -0.25) is 9.59 Å². The lowest BCUT2D eigenvalue weighted by molar-refractivity contribution is 0.0942. The molecule has 0 aromatic carbocycles. The van der Waals surface area contributed by atoms with Gasteiger partial charge in [-0.1, -0.05) is 0 Å². The number of hydrogen-bond donors (Lipinski definition) is 2. The Morgan fingerprint density at radius 2 is 2.28 bits per heavy atom. The van der Waals surface area contributed by atoms with E-state index in [1.165, 1.54) is 12.1 Å². The number of amides is 1. The van der Waals surface area contributed by atoms with E-state index in [4.69, 9.17) is 0 Å². The van der Waals surface area contributed by atoms with Gasteiger partial charge in [0.1, 0.15) is 5.69 Å². The van der Waals surface area contributed by atoms with Crippen LogP contribution in [-0.2, 0) is 9.84 Å². The van der Waals surface area contributed by atoms with Crippen molar-refractivity contribution in [2.45, 2.75) is 6.42 Å². The Bertz CT molecular complexity index is 587. The second-order valence-electron chi connectivity index (χ2n) is 4.29. The number of hydrogen-bond acceptors (Lipinski definition) is 5. The van der Waals surface area contributed by atoms with Crippen LogP contribution in [0.4, 0.5) is 0 Å². The zero-order valence-electron chi connectivity index (χ0n) is 9.55. The van der Waals surface area contributed by atoms with Gasteiger partial charge in [0.15, 0.2) is 9.84 Å². The topological polar surface area (TPSA) is 109 Å². The van der Waals surface area contributed by atoms with E-state index >= 15 is 0 Å². The summed E-state index contributed by atoms with van der Waals surface area (Å²) in [6.07, 6.45) is 0.571. The lowest BCUT2D eigenvalue weighted by atomic mass is 10.1. The van der Waals surface area contributed by atoms with Gasteiger partial charge in [0.05, 0.1) is 11.5 Å². The molecule has 0 bridgehead atoms. The summed E-state index contributed by atoms with van der Waals surface area (Å²) in [5.41, 5.74) is -0.274. The van der Waals surface area contributed by atoms with Gasteiger partial charge >= 0.3 is 0 Å². The highest BCUT2D eigenvalue weighted by Crippen LogP contribution is 2.17. The molecule has 18 heavy (non-hydrogen) atoms. The minimum atomic E-state index is -2.93. The van der Waals surface area contributed by atoms with Crippen molar-refractivity contribution in [3.63, 3.8) is 0 Å². The molecule has 8 heteroatoms. The molecular weight excluding hydrogens is 258 g/mol. The molecule has 1 fully saturated rings. The van der Waals surface area contributed by atoms with Crippen LogP contribution in [0.3, 0.4) is 0 Å². The Hall–Kier alpha value is -1.70. The fourth-order valence-corrected chi connectivity index (χ4v) is 3.69. The second-order valence-corrected chi connectivity index (χ2v) is 6.51. The minimum Gasteiger partial charge on any atom is -0.350 e. The Labute approximate surface area is 104 Å². The molecule has 2 heterocycles. The fraction of sp³-hybridized carbons (Fsp3) is 0.500. The van der Waals surface area contributed by atoms with Crippen LogP contribution in [-0.4, -0.2) is 42.6 Å². The Morgan fingerprint density at radius 1 is 1.50 bits per heavy atom. The molecule has 1 aromatic rings. The van der Waals surface area contributed by atoms with Crippen molar-refractivity contribution in [1.29, 1.82) is 0 Å². The minimum absolute atomic E-state index is 0.0401. The van der Waals surface area contributed by atoms with E-state index in [0.717, 1.165) is 0 Å². The molecule has 1 aliphatic heterocycles. The number of sulfone groups is 1. The lowest BCUT2D eigenvalue weighted by Crippen LogP contribution is -2.31. The predicted molar refractivity (Wildman–Crippen MR) is 64.0 cm³/mol. The van der Waals surface area contributed by atoms with Crippen molar-refractivity contribution in [2.24, 2.45) is 5.92 Å². The Balaban J connectivity index is 1.89. The number of aromatic nitrogens is 2. The number of carbonyl (C=O) groups excluding carboxylic acids is 1. The third-order valence-electron chi connectivity index (χ3n) is 2.79. The smallest absolute Gasteiger partial charge is 0.271 e. The number of aromatic amines is 1. The number of nitrogens with zero attached hydrogens (tertiary/aromatic N) is 1. The summed E-state index contributed by atoms with van der Waals surface area (Å²) in [5, 5.41) is 8.35. The van der Waals surface area contributed by atoms with Gasteiger partial charge in [0.25, 0.3) is 11.5 Å². The maximum atomic E-state index is 11.6. The van der Waals surface area contributed by atoms with E-state index in [1.807, 2.05) is 0 Å². The summed E-state index contributed by atoms with van der Waals surface area (Å²) in [7, 11) is -2.93. The molecule has 0 spiro atoms. The van der Waals surface area contributed by atoms with Crippen molar-refractivity contribution in [3.05, 3.63) is 28.2 Å². The zero-order valence-corrected chi connectivity index (χ0v) is 10.4. The molecule has 1 aliphatic rings. The van der Waals surface area contributed by atoms with E-state index in [2.05, 4.69) is 15.5 Å². The highest BCUT2D eigenvalue weighted by molar-refractivity contribution is 7.91. The molecule has 7 nitrogen and oxygen atoms in total. The maximum absolute atomic E-state index is 11.6. The zero-order chi connectivity index (χ0) is 13.2. The first-order valence-corrected chi connectivity index (χ1v) is 7.33. The normalized spacial score (nSPS) is 21.7. The van der Waals surface area contributed by atoms with Gasteiger partial charge in [0.2, 0.25) is 0 Å². The van der Waals surface area contributed by atoms with Crippen molar-refractivity contribution >= 4 is 15.7 Å². The van der Waals surface area contributed by atoms with Crippen LogP contribution < -0.4 is 10.9 Å². The fourth-order valence-electron chi connectivity index (χ4n) is 1.83. The van der Waals surface area contributed by atoms with E-state index < -0.39 is 15.7 Å². The molecule has 0 radical (unpaired) electrons. The maximum Gasteiger partial charge on any atom is 0.271 e. The van der Waals surface area contributed by atoms with Crippen LogP contribution in [0, 0.1) is 5.92 Å². The molecule has 2 rings (SSSR count). The average Bonchev–Trinajstić information content (AvgIpc) is 2.67. The SMILES string of the molecule is O=C(NC[C@H]1CCS(=O)(=O)C1)c1ccc(=O)[nH]n1.